The van der Waals surface area contributed by atoms with E-state index in [4.69, 9.17) is 10.5 Å². The molecule has 0 N–H and O–H groups in total. The van der Waals surface area contributed by atoms with E-state index in [-0.39, 0.29) is 0 Å². The zero-order valence-corrected chi connectivity index (χ0v) is 5.83. The largest absolute Gasteiger partial charge is 0.192 e. The van der Waals surface area contributed by atoms with Crippen molar-refractivity contribution in [3.05, 3.63) is 41.8 Å². The van der Waals surface area contributed by atoms with Crippen molar-refractivity contribution >= 4 is 0 Å². The van der Waals surface area contributed by atoms with Crippen LogP contribution in [-0.2, 0) is 0 Å². The van der Waals surface area contributed by atoms with Crippen molar-refractivity contribution in [3.63, 3.8) is 0 Å². The summed E-state index contributed by atoms with van der Waals surface area (Å²) in [4.78, 5) is 0. The first-order chi connectivity index (χ1) is 5.29. The summed E-state index contributed by atoms with van der Waals surface area (Å²) in [7, 11) is 0. The van der Waals surface area contributed by atoms with Crippen molar-refractivity contribution in [2.24, 2.45) is 0 Å². The summed E-state index contributed by atoms with van der Waals surface area (Å²) in [5, 5.41) is 17.1. The smallest absolute Gasteiger partial charge is 0.101 e. The van der Waals surface area contributed by atoms with Crippen molar-refractivity contribution in [2.75, 3.05) is 0 Å². The lowest BCUT2D eigenvalue weighted by Crippen LogP contribution is -1.86. The summed E-state index contributed by atoms with van der Waals surface area (Å²) in [5.41, 5.74) is 1.36. The molecule has 2 nitrogen and oxygen atoms in total. The van der Waals surface area contributed by atoms with Crippen LogP contribution in [0.15, 0.2) is 18.2 Å². The van der Waals surface area contributed by atoms with Crippen molar-refractivity contribution < 1.29 is 0 Å². The first kappa shape index (κ1) is 7.31. The SMILES string of the molecule is [CH2]c1cccc(C#N)c1C#N. The Hall–Kier alpha value is -1.80. The predicted octanol–water partition coefficient (Wildman–Crippen LogP) is 1.61. The minimum absolute atomic E-state index is 0.370. The Morgan fingerprint density at radius 1 is 1.18 bits per heavy atom. The van der Waals surface area contributed by atoms with E-state index in [0.717, 1.165) is 0 Å². The van der Waals surface area contributed by atoms with Crippen molar-refractivity contribution in [1.82, 2.24) is 0 Å². The van der Waals surface area contributed by atoms with E-state index in [1.165, 1.54) is 0 Å². The van der Waals surface area contributed by atoms with Gasteiger partial charge in [0, 0.05) is 0 Å². The summed E-state index contributed by atoms with van der Waals surface area (Å²) in [6, 6.07) is 8.88. The second-order valence-electron chi connectivity index (χ2n) is 2.06. The van der Waals surface area contributed by atoms with Crippen molar-refractivity contribution in [1.29, 1.82) is 10.5 Å². The van der Waals surface area contributed by atoms with Crippen LogP contribution < -0.4 is 0 Å². The van der Waals surface area contributed by atoms with Gasteiger partial charge in [0.25, 0.3) is 0 Å². The minimum Gasteiger partial charge on any atom is -0.192 e. The first-order valence-corrected chi connectivity index (χ1v) is 3.04. The first-order valence-electron chi connectivity index (χ1n) is 3.04. The van der Waals surface area contributed by atoms with Gasteiger partial charge in [0.15, 0.2) is 0 Å². The van der Waals surface area contributed by atoms with Gasteiger partial charge in [0.05, 0.1) is 11.1 Å². The summed E-state index contributed by atoms with van der Waals surface area (Å²) in [5.74, 6) is 0. The van der Waals surface area contributed by atoms with Crippen LogP contribution in [-0.4, -0.2) is 0 Å². The second kappa shape index (κ2) is 2.86. The molecule has 0 fully saturated rings. The fraction of sp³-hybridized carbons (Fsp3) is 0. The molecule has 11 heavy (non-hydrogen) atoms. The molecule has 0 saturated heterocycles. The zero-order chi connectivity index (χ0) is 8.27. The number of hydrogen-bond acceptors (Lipinski definition) is 2. The Labute approximate surface area is 65.3 Å². The van der Waals surface area contributed by atoms with E-state index in [0.29, 0.717) is 16.7 Å². The molecule has 0 amide bonds. The molecule has 0 bridgehead atoms. The van der Waals surface area contributed by atoms with Gasteiger partial charge in [-0.2, -0.15) is 10.5 Å². The van der Waals surface area contributed by atoms with Crippen LogP contribution in [0.4, 0.5) is 0 Å². The van der Waals surface area contributed by atoms with E-state index in [1.54, 1.807) is 18.2 Å². The summed E-state index contributed by atoms with van der Waals surface area (Å²) < 4.78 is 0. The quantitative estimate of drug-likeness (QED) is 0.551. The number of rotatable bonds is 0. The Morgan fingerprint density at radius 3 is 2.36 bits per heavy atom. The lowest BCUT2D eigenvalue weighted by Gasteiger charge is -1.95. The second-order valence-corrected chi connectivity index (χ2v) is 2.06. The molecule has 0 unspecified atom stereocenters. The van der Waals surface area contributed by atoms with Crippen LogP contribution in [0.1, 0.15) is 16.7 Å². The maximum absolute atomic E-state index is 8.59. The molecule has 0 saturated carbocycles. The number of nitriles is 2. The molecule has 0 aliphatic carbocycles. The number of hydrogen-bond donors (Lipinski definition) is 0. The third kappa shape index (κ3) is 1.20. The molecule has 1 rings (SSSR count). The van der Waals surface area contributed by atoms with Crippen LogP contribution in [0.5, 0.6) is 0 Å². The molecule has 0 atom stereocenters. The highest BCUT2D eigenvalue weighted by atomic mass is 14.3. The molecule has 51 valence electrons. The molecule has 2 heteroatoms. The molecule has 1 radical (unpaired) electrons. The van der Waals surface area contributed by atoms with E-state index in [1.807, 2.05) is 12.1 Å². The summed E-state index contributed by atoms with van der Waals surface area (Å²) in [6.07, 6.45) is 0. The number of benzene rings is 1. The number of nitrogens with zero attached hydrogens (tertiary/aromatic N) is 2. The Kier molecular flexibility index (Phi) is 1.90. The van der Waals surface area contributed by atoms with Gasteiger partial charge in [-0.15, -0.1) is 0 Å². The van der Waals surface area contributed by atoms with Crippen LogP contribution in [0, 0.1) is 29.6 Å². The lowest BCUT2D eigenvalue weighted by atomic mass is 10.0. The molecule has 1 aromatic rings. The van der Waals surface area contributed by atoms with E-state index >= 15 is 0 Å². The summed E-state index contributed by atoms with van der Waals surface area (Å²) in [6.45, 7) is 3.63. The predicted molar refractivity (Wildman–Crippen MR) is 40.3 cm³/mol. The standard InChI is InChI=1S/C9H5N2/c1-7-3-2-4-8(5-10)9(7)6-11/h2-4H,1H2. The summed E-state index contributed by atoms with van der Waals surface area (Å²) >= 11 is 0. The van der Waals surface area contributed by atoms with Crippen LogP contribution >= 0.6 is 0 Å². The normalized spacial score (nSPS) is 8.27. The van der Waals surface area contributed by atoms with E-state index in [2.05, 4.69) is 6.92 Å². The molecule has 0 heterocycles. The molecule has 0 aliphatic heterocycles. The average molecular weight is 141 g/mol. The third-order valence-corrected chi connectivity index (χ3v) is 1.38. The average Bonchev–Trinajstić information content (AvgIpc) is 2.04. The van der Waals surface area contributed by atoms with Crippen molar-refractivity contribution in [2.45, 2.75) is 0 Å². The Bertz CT molecular complexity index is 353. The van der Waals surface area contributed by atoms with Gasteiger partial charge in [0.2, 0.25) is 0 Å². The Morgan fingerprint density at radius 2 is 1.91 bits per heavy atom. The van der Waals surface area contributed by atoms with Gasteiger partial charge in [-0.25, -0.2) is 0 Å². The molecule has 0 aliphatic rings. The molecule has 0 aromatic heterocycles. The third-order valence-electron chi connectivity index (χ3n) is 1.38. The molecular formula is C9H5N2. The monoisotopic (exact) mass is 141 g/mol. The fourth-order valence-electron chi connectivity index (χ4n) is 0.825. The fourth-order valence-corrected chi connectivity index (χ4v) is 0.825. The van der Waals surface area contributed by atoms with Crippen molar-refractivity contribution in [3.8, 4) is 12.1 Å². The van der Waals surface area contributed by atoms with Gasteiger partial charge < -0.3 is 0 Å². The van der Waals surface area contributed by atoms with Gasteiger partial charge in [0.1, 0.15) is 12.1 Å². The van der Waals surface area contributed by atoms with E-state index in [9.17, 15) is 0 Å². The highest BCUT2D eigenvalue weighted by Crippen LogP contribution is 2.10. The van der Waals surface area contributed by atoms with E-state index < -0.39 is 0 Å². The van der Waals surface area contributed by atoms with Crippen LogP contribution in [0.3, 0.4) is 0 Å². The highest BCUT2D eigenvalue weighted by molar-refractivity contribution is 5.51. The van der Waals surface area contributed by atoms with Gasteiger partial charge >= 0.3 is 0 Å². The molecule has 1 aromatic carbocycles. The maximum atomic E-state index is 8.59. The maximum Gasteiger partial charge on any atom is 0.101 e. The topological polar surface area (TPSA) is 47.6 Å². The molecular weight excluding hydrogens is 136 g/mol. The molecule has 0 spiro atoms. The van der Waals surface area contributed by atoms with Gasteiger partial charge in [-0.05, 0) is 18.6 Å². The van der Waals surface area contributed by atoms with Gasteiger partial charge in [-0.1, -0.05) is 12.1 Å². The van der Waals surface area contributed by atoms with Crippen LogP contribution in [0.2, 0.25) is 0 Å². The Balaban J connectivity index is 3.42. The minimum atomic E-state index is 0.370. The van der Waals surface area contributed by atoms with Gasteiger partial charge in [-0.3, -0.25) is 0 Å². The van der Waals surface area contributed by atoms with Crippen LogP contribution in [0.25, 0.3) is 0 Å². The highest BCUT2D eigenvalue weighted by Gasteiger charge is 2.01. The zero-order valence-electron chi connectivity index (χ0n) is 5.83. The lowest BCUT2D eigenvalue weighted by molar-refractivity contribution is 1.41.